The third-order valence-electron chi connectivity index (χ3n) is 3.18. The summed E-state index contributed by atoms with van der Waals surface area (Å²) in [5.74, 6) is -1.09. The lowest BCUT2D eigenvalue weighted by Gasteiger charge is -2.28. The maximum absolute atomic E-state index is 12.1. The van der Waals surface area contributed by atoms with E-state index in [9.17, 15) is 23.4 Å². The highest BCUT2D eigenvalue weighted by molar-refractivity contribution is 7.89. The van der Waals surface area contributed by atoms with Gasteiger partial charge in [-0.05, 0) is 32.9 Å². The molecule has 8 heteroatoms. The lowest BCUT2D eigenvalue weighted by Crippen LogP contribution is -2.56. The molecule has 124 valence electrons. The van der Waals surface area contributed by atoms with Gasteiger partial charge in [-0.15, -0.1) is 0 Å². The zero-order valence-corrected chi connectivity index (χ0v) is 13.6. The number of rotatable bonds is 7. The molecule has 0 heterocycles. The van der Waals surface area contributed by atoms with Gasteiger partial charge in [-0.1, -0.05) is 17.7 Å². The SMILES string of the molecule is CCOC(=O)[C@@](O)(CNS(=O)(=O)c1ccc(C)cc1)[C@H](C)O. The molecule has 0 aliphatic rings. The fourth-order valence-electron chi connectivity index (χ4n) is 1.65. The van der Waals surface area contributed by atoms with Crippen molar-refractivity contribution in [3.8, 4) is 0 Å². The number of aliphatic hydroxyl groups is 2. The Balaban J connectivity index is 2.93. The van der Waals surface area contributed by atoms with E-state index in [1.54, 1.807) is 12.1 Å². The second-order valence-electron chi connectivity index (χ2n) is 4.96. The van der Waals surface area contributed by atoms with E-state index in [1.165, 1.54) is 26.0 Å². The molecule has 0 unspecified atom stereocenters. The van der Waals surface area contributed by atoms with Crippen LogP contribution in [0.1, 0.15) is 19.4 Å². The molecule has 1 rings (SSSR count). The Hall–Kier alpha value is -1.48. The number of esters is 1. The molecule has 1 aromatic carbocycles. The van der Waals surface area contributed by atoms with Crippen molar-refractivity contribution in [3.63, 3.8) is 0 Å². The summed E-state index contributed by atoms with van der Waals surface area (Å²) in [6.07, 6.45) is -1.51. The second kappa shape index (κ2) is 7.19. The predicted octanol–water partition coefficient (Wildman–Crippen LogP) is -0.0517. The van der Waals surface area contributed by atoms with Crippen molar-refractivity contribution in [3.05, 3.63) is 29.8 Å². The summed E-state index contributed by atoms with van der Waals surface area (Å²) < 4.78 is 31.1. The Bertz CT molecular complexity index is 611. The summed E-state index contributed by atoms with van der Waals surface area (Å²) in [5, 5.41) is 19.8. The molecule has 3 N–H and O–H groups in total. The topological polar surface area (TPSA) is 113 Å². The Morgan fingerprint density at radius 2 is 1.91 bits per heavy atom. The predicted molar refractivity (Wildman–Crippen MR) is 79.6 cm³/mol. The van der Waals surface area contributed by atoms with Crippen LogP contribution < -0.4 is 4.72 Å². The first-order valence-electron chi connectivity index (χ1n) is 6.77. The van der Waals surface area contributed by atoms with Crippen LogP contribution in [-0.2, 0) is 19.6 Å². The molecule has 0 aliphatic heterocycles. The first kappa shape index (κ1) is 18.6. The van der Waals surface area contributed by atoms with Crippen LogP contribution in [0.2, 0.25) is 0 Å². The first-order chi connectivity index (χ1) is 10.1. The smallest absolute Gasteiger partial charge is 0.342 e. The minimum Gasteiger partial charge on any atom is -0.464 e. The van der Waals surface area contributed by atoms with Gasteiger partial charge in [-0.2, -0.15) is 0 Å². The molecule has 0 aliphatic carbocycles. The Morgan fingerprint density at radius 3 is 2.36 bits per heavy atom. The molecule has 0 saturated heterocycles. The van der Waals surface area contributed by atoms with Gasteiger partial charge in [0, 0.05) is 0 Å². The quantitative estimate of drug-likeness (QED) is 0.604. The van der Waals surface area contributed by atoms with Gasteiger partial charge in [0.1, 0.15) is 0 Å². The van der Waals surface area contributed by atoms with Crippen LogP contribution >= 0.6 is 0 Å². The van der Waals surface area contributed by atoms with E-state index in [-0.39, 0.29) is 11.5 Å². The first-order valence-corrected chi connectivity index (χ1v) is 8.26. The highest BCUT2D eigenvalue weighted by atomic mass is 32.2. The molecule has 0 aromatic heterocycles. The second-order valence-corrected chi connectivity index (χ2v) is 6.73. The maximum atomic E-state index is 12.1. The van der Waals surface area contributed by atoms with E-state index in [1.807, 2.05) is 6.92 Å². The van der Waals surface area contributed by atoms with Crippen LogP contribution in [0.25, 0.3) is 0 Å². The molecule has 0 radical (unpaired) electrons. The average Bonchev–Trinajstić information content (AvgIpc) is 2.45. The van der Waals surface area contributed by atoms with Crippen molar-refractivity contribution in [2.24, 2.45) is 0 Å². The number of carbonyl (C=O) groups excluding carboxylic acids is 1. The molecule has 0 fully saturated rings. The summed E-state index contributed by atoms with van der Waals surface area (Å²) in [6, 6.07) is 6.06. The average molecular weight is 331 g/mol. The van der Waals surface area contributed by atoms with Crippen LogP contribution in [0, 0.1) is 6.92 Å². The lowest BCUT2D eigenvalue weighted by atomic mass is 9.98. The third kappa shape index (κ3) is 4.26. The molecule has 22 heavy (non-hydrogen) atoms. The number of sulfonamides is 1. The number of carbonyl (C=O) groups is 1. The van der Waals surface area contributed by atoms with Gasteiger partial charge in [0.05, 0.1) is 24.2 Å². The molecular weight excluding hydrogens is 310 g/mol. The fraction of sp³-hybridized carbons (Fsp3) is 0.500. The van der Waals surface area contributed by atoms with Gasteiger partial charge in [0.2, 0.25) is 15.6 Å². The van der Waals surface area contributed by atoms with Crippen LogP contribution in [0.3, 0.4) is 0 Å². The molecule has 2 atom stereocenters. The largest absolute Gasteiger partial charge is 0.464 e. The summed E-state index contributed by atoms with van der Waals surface area (Å²) in [5.41, 5.74) is -1.46. The van der Waals surface area contributed by atoms with Crippen LogP contribution in [-0.4, -0.2) is 49.5 Å². The minimum absolute atomic E-state index is 0.00141. The number of ether oxygens (including phenoxy) is 1. The lowest BCUT2D eigenvalue weighted by molar-refractivity contribution is -0.175. The van der Waals surface area contributed by atoms with Gasteiger partial charge < -0.3 is 14.9 Å². The summed E-state index contributed by atoms with van der Waals surface area (Å²) in [6.45, 7) is 3.84. The van der Waals surface area contributed by atoms with E-state index in [4.69, 9.17) is 0 Å². The Labute approximate surface area is 130 Å². The zero-order chi connectivity index (χ0) is 17.0. The Morgan fingerprint density at radius 1 is 1.36 bits per heavy atom. The van der Waals surface area contributed by atoms with Gasteiger partial charge in [0.25, 0.3) is 0 Å². The molecule has 1 aromatic rings. The molecule has 0 bridgehead atoms. The number of hydrogen-bond acceptors (Lipinski definition) is 6. The van der Waals surface area contributed by atoms with Crippen molar-refractivity contribution in [1.82, 2.24) is 4.72 Å². The van der Waals surface area contributed by atoms with Crippen LogP contribution in [0.5, 0.6) is 0 Å². The summed E-state index contributed by atoms with van der Waals surface area (Å²) >= 11 is 0. The third-order valence-corrected chi connectivity index (χ3v) is 4.60. The maximum Gasteiger partial charge on any atom is 0.342 e. The standard InChI is InChI=1S/C14H21NO6S/c1-4-21-13(17)14(18,11(3)16)9-15-22(19,20)12-7-5-10(2)6-8-12/h5-8,11,15-16,18H,4,9H2,1-3H3/t11-,14+/m0/s1. The summed E-state index contributed by atoms with van der Waals surface area (Å²) in [4.78, 5) is 11.7. The molecule has 0 saturated carbocycles. The monoisotopic (exact) mass is 331 g/mol. The fourth-order valence-corrected chi connectivity index (χ4v) is 2.72. The number of aryl methyl sites for hydroxylation is 1. The van der Waals surface area contributed by atoms with Gasteiger partial charge in [-0.3, -0.25) is 0 Å². The van der Waals surface area contributed by atoms with Crippen molar-refractivity contribution in [2.45, 2.75) is 37.4 Å². The van der Waals surface area contributed by atoms with Crippen molar-refractivity contribution < 1.29 is 28.2 Å². The molecule has 7 nitrogen and oxygen atoms in total. The number of hydrogen-bond donors (Lipinski definition) is 3. The van der Waals surface area contributed by atoms with Gasteiger partial charge >= 0.3 is 5.97 Å². The van der Waals surface area contributed by atoms with Crippen molar-refractivity contribution in [2.75, 3.05) is 13.2 Å². The molecule has 0 amide bonds. The van der Waals surface area contributed by atoms with Crippen molar-refractivity contribution in [1.29, 1.82) is 0 Å². The molecule has 0 spiro atoms. The van der Waals surface area contributed by atoms with Crippen molar-refractivity contribution >= 4 is 16.0 Å². The number of benzene rings is 1. The van der Waals surface area contributed by atoms with E-state index >= 15 is 0 Å². The minimum atomic E-state index is -3.92. The van der Waals surface area contributed by atoms with Gasteiger partial charge in [-0.25, -0.2) is 17.9 Å². The van der Waals surface area contributed by atoms with Crippen LogP contribution in [0.4, 0.5) is 0 Å². The van der Waals surface area contributed by atoms with E-state index < -0.39 is 34.2 Å². The van der Waals surface area contributed by atoms with Gasteiger partial charge in [0.15, 0.2) is 0 Å². The Kier molecular flexibility index (Phi) is 6.07. The summed E-state index contributed by atoms with van der Waals surface area (Å²) in [7, 11) is -3.92. The molecular formula is C14H21NO6S. The highest BCUT2D eigenvalue weighted by Gasteiger charge is 2.43. The van der Waals surface area contributed by atoms with E-state index in [0.29, 0.717) is 0 Å². The highest BCUT2D eigenvalue weighted by Crippen LogP contribution is 2.15. The normalized spacial score (nSPS) is 15.9. The van der Waals surface area contributed by atoms with Crippen LogP contribution in [0.15, 0.2) is 29.2 Å². The van der Waals surface area contributed by atoms with E-state index in [2.05, 4.69) is 9.46 Å². The number of aliphatic hydroxyl groups excluding tert-OH is 1. The number of nitrogens with one attached hydrogen (secondary N) is 1. The van der Waals surface area contributed by atoms with E-state index in [0.717, 1.165) is 5.56 Å². The zero-order valence-electron chi connectivity index (χ0n) is 12.7.